The van der Waals surface area contributed by atoms with E-state index in [-0.39, 0.29) is 22.5 Å². The fourth-order valence-electron chi connectivity index (χ4n) is 2.79. The molecule has 0 saturated heterocycles. The number of ether oxygens (including phenoxy) is 1. The highest BCUT2D eigenvalue weighted by Crippen LogP contribution is 2.38. The van der Waals surface area contributed by atoms with Gasteiger partial charge in [-0.25, -0.2) is 0 Å². The molecule has 1 fully saturated rings. The van der Waals surface area contributed by atoms with Gasteiger partial charge in [0.15, 0.2) is 5.82 Å². The summed E-state index contributed by atoms with van der Waals surface area (Å²) >= 11 is 0. The van der Waals surface area contributed by atoms with Gasteiger partial charge in [-0.2, -0.15) is 18.3 Å². The van der Waals surface area contributed by atoms with Gasteiger partial charge < -0.3 is 15.8 Å². The molecule has 146 valence electrons. The van der Waals surface area contributed by atoms with Crippen molar-refractivity contribution >= 4 is 22.6 Å². The average Bonchev–Trinajstić information content (AvgIpc) is 3.30. The van der Waals surface area contributed by atoms with Gasteiger partial charge in [0.25, 0.3) is 0 Å². The fourth-order valence-corrected chi connectivity index (χ4v) is 2.79. The first-order chi connectivity index (χ1) is 13.3. The van der Waals surface area contributed by atoms with E-state index in [2.05, 4.69) is 15.4 Å². The second-order valence-corrected chi connectivity index (χ2v) is 6.67. The Labute approximate surface area is 157 Å². The number of pyridine rings is 1. The van der Waals surface area contributed by atoms with Crippen molar-refractivity contribution < 1.29 is 22.7 Å². The van der Waals surface area contributed by atoms with Crippen molar-refractivity contribution in [1.29, 1.82) is 0 Å². The lowest BCUT2D eigenvalue weighted by molar-refractivity contribution is -0.141. The molecule has 1 aliphatic rings. The van der Waals surface area contributed by atoms with Crippen LogP contribution < -0.4 is 15.8 Å². The number of carbonyl (C=O) groups is 1. The lowest BCUT2D eigenvalue weighted by Crippen LogP contribution is -2.38. The Kier molecular flexibility index (Phi) is 4.22. The zero-order valence-electron chi connectivity index (χ0n) is 14.5. The lowest BCUT2D eigenvalue weighted by atomic mass is 10.2. The predicted molar refractivity (Wildman–Crippen MR) is 94.9 cm³/mol. The van der Waals surface area contributed by atoms with Crippen molar-refractivity contribution in [3.8, 4) is 11.5 Å². The van der Waals surface area contributed by atoms with Gasteiger partial charge in [-0.3, -0.25) is 14.5 Å². The molecule has 0 spiro atoms. The Morgan fingerprint density at radius 2 is 2.07 bits per heavy atom. The number of benzene rings is 1. The third kappa shape index (κ3) is 3.63. The van der Waals surface area contributed by atoms with Crippen LogP contribution in [0, 0.1) is 0 Å². The van der Waals surface area contributed by atoms with Crippen LogP contribution in [-0.4, -0.2) is 32.4 Å². The minimum atomic E-state index is -4.48. The van der Waals surface area contributed by atoms with E-state index in [0.717, 1.165) is 4.68 Å². The first kappa shape index (κ1) is 18.2. The average molecular weight is 391 g/mol. The number of nitrogens with zero attached hydrogens (tertiary/aromatic N) is 3. The molecule has 1 aliphatic carbocycles. The molecule has 0 radical (unpaired) electrons. The number of nitrogens with one attached hydrogen (secondary N) is 1. The molecular weight excluding hydrogens is 375 g/mol. The van der Waals surface area contributed by atoms with E-state index in [4.69, 9.17) is 10.5 Å². The number of anilines is 1. The number of aromatic nitrogens is 3. The molecule has 1 aromatic carbocycles. The van der Waals surface area contributed by atoms with Crippen molar-refractivity contribution in [2.24, 2.45) is 5.73 Å². The van der Waals surface area contributed by atoms with Gasteiger partial charge in [-0.1, -0.05) is 6.07 Å². The van der Waals surface area contributed by atoms with Crippen LogP contribution in [0.1, 0.15) is 12.8 Å². The molecule has 0 unspecified atom stereocenters. The molecular formula is C18H16F3N5O2. The molecule has 1 saturated carbocycles. The number of rotatable bonds is 5. The highest BCUT2D eigenvalue weighted by Gasteiger charge is 2.46. The number of alkyl halides is 3. The Bertz CT molecular complexity index is 1030. The van der Waals surface area contributed by atoms with Gasteiger partial charge in [0.05, 0.1) is 22.6 Å². The molecule has 7 nitrogen and oxygen atoms in total. The van der Waals surface area contributed by atoms with E-state index in [1.807, 2.05) is 0 Å². The number of carbonyl (C=O) groups excluding carboxylic acids is 1. The maximum atomic E-state index is 13.0. The van der Waals surface area contributed by atoms with Gasteiger partial charge in [0.1, 0.15) is 18.0 Å². The van der Waals surface area contributed by atoms with E-state index in [1.54, 1.807) is 30.5 Å². The third-order valence-electron chi connectivity index (χ3n) is 4.40. The van der Waals surface area contributed by atoms with E-state index in [0.29, 0.717) is 18.6 Å². The normalized spacial score (nSPS) is 15.4. The van der Waals surface area contributed by atoms with Crippen LogP contribution in [0.15, 0.2) is 42.7 Å². The number of amides is 1. The Morgan fingerprint density at radius 3 is 2.71 bits per heavy atom. The number of nitrogens with two attached hydrogens (primary N) is 1. The van der Waals surface area contributed by atoms with Crippen molar-refractivity contribution in [2.75, 3.05) is 5.32 Å². The summed E-state index contributed by atoms with van der Waals surface area (Å²) in [7, 11) is 0. The Morgan fingerprint density at radius 1 is 1.29 bits per heavy atom. The summed E-state index contributed by atoms with van der Waals surface area (Å²) in [5.74, 6) is 0.132. The van der Waals surface area contributed by atoms with Gasteiger partial charge >= 0.3 is 6.18 Å². The van der Waals surface area contributed by atoms with Crippen LogP contribution in [-0.2, 0) is 11.3 Å². The topological polar surface area (TPSA) is 95.1 Å². The van der Waals surface area contributed by atoms with Crippen molar-refractivity contribution in [3.63, 3.8) is 0 Å². The van der Waals surface area contributed by atoms with Crippen LogP contribution in [0.2, 0.25) is 0 Å². The van der Waals surface area contributed by atoms with Crippen molar-refractivity contribution in [3.05, 3.63) is 42.7 Å². The first-order valence-corrected chi connectivity index (χ1v) is 8.50. The fraction of sp³-hybridized carbons (Fsp3) is 0.278. The third-order valence-corrected chi connectivity index (χ3v) is 4.40. The van der Waals surface area contributed by atoms with Crippen molar-refractivity contribution in [2.45, 2.75) is 31.1 Å². The Hall–Kier alpha value is -3.14. The summed E-state index contributed by atoms with van der Waals surface area (Å²) in [5, 5.41) is 6.79. The molecule has 3 N–H and O–H groups in total. The minimum Gasteiger partial charge on any atom is -0.455 e. The highest BCUT2D eigenvalue weighted by atomic mass is 19.4. The van der Waals surface area contributed by atoms with Crippen LogP contribution in [0.25, 0.3) is 10.9 Å². The molecule has 4 rings (SSSR count). The largest absolute Gasteiger partial charge is 0.455 e. The maximum Gasteiger partial charge on any atom is 0.408 e. The molecule has 2 aromatic heterocycles. The number of fused-ring (bicyclic) bond motifs is 1. The number of hydrogen-bond donors (Lipinski definition) is 2. The van der Waals surface area contributed by atoms with Crippen LogP contribution in [0.3, 0.4) is 0 Å². The van der Waals surface area contributed by atoms with E-state index in [1.165, 1.54) is 12.3 Å². The molecule has 2 heterocycles. The van der Waals surface area contributed by atoms with Gasteiger partial charge in [0, 0.05) is 6.20 Å². The highest BCUT2D eigenvalue weighted by molar-refractivity contribution is 6.06. The first-order valence-electron chi connectivity index (χ1n) is 8.50. The summed E-state index contributed by atoms with van der Waals surface area (Å²) in [6, 6.07) is 7.94. The standard InChI is InChI=1S/C18H16F3N5O2/c19-18(20,21)10-26-12-4-1-5-13(28-11-3-2-8-23-9-11)14(12)15(25-26)24-16(27)17(22)6-7-17/h1-5,8-9H,6-7,10,22H2,(H,24,25,27). The maximum absolute atomic E-state index is 13.0. The monoisotopic (exact) mass is 391 g/mol. The summed E-state index contributed by atoms with van der Waals surface area (Å²) in [5.41, 5.74) is 5.06. The molecule has 0 bridgehead atoms. The minimum absolute atomic E-state index is 0.0273. The second kappa shape index (κ2) is 6.48. The molecule has 0 aliphatic heterocycles. The summed E-state index contributed by atoms with van der Waals surface area (Å²) < 4.78 is 45.5. The van der Waals surface area contributed by atoms with Crippen LogP contribution in [0.4, 0.5) is 19.0 Å². The van der Waals surface area contributed by atoms with E-state index >= 15 is 0 Å². The zero-order valence-corrected chi connectivity index (χ0v) is 14.5. The summed E-state index contributed by atoms with van der Waals surface area (Å²) in [6.07, 6.45) is -0.419. The molecule has 3 aromatic rings. The van der Waals surface area contributed by atoms with E-state index in [9.17, 15) is 18.0 Å². The van der Waals surface area contributed by atoms with Gasteiger partial charge in [-0.05, 0) is 37.1 Å². The second-order valence-electron chi connectivity index (χ2n) is 6.67. The molecule has 1 amide bonds. The lowest BCUT2D eigenvalue weighted by Gasteiger charge is -2.10. The van der Waals surface area contributed by atoms with E-state index < -0.39 is 24.2 Å². The molecule has 28 heavy (non-hydrogen) atoms. The molecule has 10 heteroatoms. The Balaban J connectivity index is 1.79. The van der Waals surface area contributed by atoms with Crippen LogP contribution >= 0.6 is 0 Å². The predicted octanol–water partition coefficient (Wildman–Crippen LogP) is 3.22. The number of halogens is 3. The van der Waals surface area contributed by atoms with Gasteiger partial charge in [0.2, 0.25) is 5.91 Å². The van der Waals surface area contributed by atoms with Crippen molar-refractivity contribution in [1.82, 2.24) is 14.8 Å². The summed E-state index contributed by atoms with van der Waals surface area (Å²) in [4.78, 5) is 16.3. The SMILES string of the molecule is NC1(C(=O)Nc2nn(CC(F)(F)F)c3cccc(Oc4cccnc4)c23)CC1. The quantitative estimate of drug-likeness (QED) is 0.696. The van der Waals surface area contributed by atoms with Crippen LogP contribution in [0.5, 0.6) is 11.5 Å². The molecule has 0 atom stereocenters. The smallest absolute Gasteiger partial charge is 0.408 e. The summed E-state index contributed by atoms with van der Waals surface area (Å²) in [6.45, 7) is -1.30. The number of hydrogen-bond acceptors (Lipinski definition) is 5. The zero-order chi connectivity index (χ0) is 19.9. The van der Waals surface area contributed by atoms with Gasteiger partial charge in [-0.15, -0.1) is 0 Å².